The quantitative estimate of drug-likeness (QED) is 0.824. The first-order chi connectivity index (χ1) is 10.1. The molecule has 21 heavy (non-hydrogen) atoms. The summed E-state index contributed by atoms with van der Waals surface area (Å²) in [4.78, 5) is 13.8. The van der Waals surface area contributed by atoms with Gasteiger partial charge in [-0.3, -0.25) is 9.48 Å². The molecular formula is C15H18ClN3O2. The maximum absolute atomic E-state index is 12.1. The van der Waals surface area contributed by atoms with Crippen LogP contribution in [-0.4, -0.2) is 34.2 Å². The van der Waals surface area contributed by atoms with Crippen molar-refractivity contribution in [3.05, 3.63) is 47.2 Å². The second-order valence-electron chi connectivity index (χ2n) is 4.68. The molecule has 0 saturated heterocycles. The summed E-state index contributed by atoms with van der Waals surface area (Å²) in [5.74, 6) is 0.810. The minimum absolute atomic E-state index is 0.0244. The molecular weight excluding hydrogens is 290 g/mol. The van der Waals surface area contributed by atoms with E-state index in [-0.39, 0.29) is 12.5 Å². The van der Waals surface area contributed by atoms with Crippen molar-refractivity contribution in [3.8, 4) is 5.75 Å². The Morgan fingerprint density at radius 1 is 1.38 bits per heavy atom. The Morgan fingerprint density at radius 2 is 2.10 bits per heavy atom. The second kappa shape index (κ2) is 7.13. The van der Waals surface area contributed by atoms with Crippen molar-refractivity contribution in [3.63, 3.8) is 0 Å². The minimum atomic E-state index is -0.0244. The van der Waals surface area contributed by atoms with Gasteiger partial charge in [-0.05, 0) is 24.6 Å². The number of carbonyl (C=O) groups excluding carboxylic acids is 1. The first-order valence-electron chi connectivity index (χ1n) is 6.72. The smallest absolute Gasteiger partial charge is 0.244 e. The van der Waals surface area contributed by atoms with Crippen LogP contribution in [0, 0.1) is 0 Å². The molecule has 0 aliphatic carbocycles. The lowest BCUT2D eigenvalue weighted by atomic mass is 10.2. The van der Waals surface area contributed by atoms with Gasteiger partial charge in [0.05, 0.1) is 17.8 Å². The third-order valence-corrected chi connectivity index (χ3v) is 3.17. The van der Waals surface area contributed by atoms with Crippen molar-refractivity contribution in [2.45, 2.75) is 20.0 Å². The summed E-state index contributed by atoms with van der Waals surface area (Å²) < 4.78 is 6.92. The van der Waals surface area contributed by atoms with Gasteiger partial charge in [-0.15, -0.1) is 0 Å². The van der Waals surface area contributed by atoms with Crippen LogP contribution in [0.1, 0.15) is 12.5 Å². The predicted octanol–water partition coefficient (Wildman–Crippen LogP) is 2.59. The number of hydrogen-bond donors (Lipinski definition) is 0. The van der Waals surface area contributed by atoms with Gasteiger partial charge in [-0.1, -0.05) is 23.7 Å². The van der Waals surface area contributed by atoms with Crippen molar-refractivity contribution in [1.29, 1.82) is 0 Å². The summed E-state index contributed by atoms with van der Waals surface area (Å²) in [6.45, 7) is 3.31. The standard InChI is InChI=1S/C15H18ClN3O2/c1-3-21-14-6-4-12(5-7-14)9-18(2)15(20)11-19-10-13(16)8-17-19/h4-8,10H,3,9,11H2,1-2H3. The monoisotopic (exact) mass is 307 g/mol. The lowest BCUT2D eigenvalue weighted by molar-refractivity contribution is -0.131. The fourth-order valence-corrected chi connectivity index (χ4v) is 2.06. The number of carbonyl (C=O) groups is 1. The molecule has 0 atom stereocenters. The number of likely N-dealkylation sites (N-methyl/N-ethyl adjacent to an activating group) is 1. The summed E-state index contributed by atoms with van der Waals surface area (Å²) in [5, 5.41) is 4.52. The number of aromatic nitrogens is 2. The van der Waals surface area contributed by atoms with E-state index >= 15 is 0 Å². The Balaban J connectivity index is 1.90. The molecule has 2 aromatic rings. The molecule has 1 aromatic carbocycles. The largest absolute Gasteiger partial charge is 0.494 e. The molecule has 6 heteroatoms. The van der Waals surface area contributed by atoms with E-state index in [1.807, 2.05) is 31.2 Å². The molecule has 0 bridgehead atoms. The molecule has 0 aliphatic heterocycles. The zero-order valence-electron chi connectivity index (χ0n) is 12.1. The van der Waals surface area contributed by atoms with E-state index in [9.17, 15) is 4.79 Å². The molecule has 112 valence electrons. The van der Waals surface area contributed by atoms with E-state index < -0.39 is 0 Å². The summed E-state index contributed by atoms with van der Waals surface area (Å²) >= 11 is 5.77. The van der Waals surface area contributed by atoms with Gasteiger partial charge in [-0.25, -0.2) is 0 Å². The minimum Gasteiger partial charge on any atom is -0.494 e. The molecule has 0 aliphatic rings. The molecule has 5 nitrogen and oxygen atoms in total. The van der Waals surface area contributed by atoms with Crippen LogP contribution in [0.3, 0.4) is 0 Å². The van der Waals surface area contributed by atoms with E-state index in [4.69, 9.17) is 16.3 Å². The molecule has 0 radical (unpaired) electrons. The first-order valence-corrected chi connectivity index (χ1v) is 7.10. The maximum Gasteiger partial charge on any atom is 0.244 e. The van der Waals surface area contributed by atoms with Gasteiger partial charge < -0.3 is 9.64 Å². The summed E-state index contributed by atoms with van der Waals surface area (Å²) in [7, 11) is 1.77. The number of halogens is 1. The lowest BCUT2D eigenvalue weighted by Crippen LogP contribution is -2.29. The zero-order chi connectivity index (χ0) is 15.2. The Bertz CT molecular complexity index is 595. The molecule has 0 spiro atoms. The Hall–Kier alpha value is -2.01. The van der Waals surface area contributed by atoms with Gasteiger partial charge in [-0.2, -0.15) is 5.10 Å². The number of benzene rings is 1. The number of hydrogen-bond acceptors (Lipinski definition) is 3. The third kappa shape index (κ3) is 4.49. The van der Waals surface area contributed by atoms with Crippen LogP contribution in [0.5, 0.6) is 5.75 Å². The van der Waals surface area contributed by atoms with Crippen LogP contribution in [0.4, 0.5) is 0 Å². The SMILES string of the molecule is CCOc1ccc(CN(C)C(=O)Cn2cc(Cl)cn2)cc1. The van der Waals surface area contributed by atoms with Crippen LogP contribution in [0.25, 0.3) is 0 Å². The van der Waals surface area contributed by atoms with Gasteiger partial charge in [0.1, 0.15) is 12.3 Å². The van der Waals surface area contributed by atoms with Crippen molar-refractivity contribution in [2.75, 3.05) is 13.7 Å². The van der Waals surface area contributed by atoms with Crippen molar-refractivity contribution < 1.29 is 9.53 Å². The normalized spacial score (nSPS) is 10.4. The molecule has 0 fully saturated rings. The number of rotatable bonds is 6. The highest BCUT2D eigenvalue weighted by Crippen LogP contribution is 2.13. The highest BCUT2D eigenvalue weighted by atomic mass is 35.5. The van der Waals surface area contributed by atoms with E-state index in [1.165, 1.54) is 10.9 Å². The second-order valence-corrected chi connectivity index (χ2v) is 5.12. The molecule has 1 aromatic heterocycles. The van der Waals surface area contributed by atoms with E-state index in [2.05, 4.69) is 5.10 Å². The zero-order valence-corrected chi connectivity index (χ0v) is 12.9. The summed E-state index contributed by atoms with van der Waals surface area (Å²) in [6.07, 6.45) is 3.14. The molecule has 0 N–H and O–H groups in total. The summed E-state index contributed by atoms with van der Waals surface area (Å²) in [6, 6.07) is 7.73. The Labute approximate surface area is 129 Å². The highest BCUT2D eigenvalue weighted by molar-refractivity contribution is 6.30. The number of nitrogens with zero attached hydrogens (tertiary/aromatic N) is 3. The predicted molar refractivity (Wildman–Crippen MR) is 81.3 cm³/mol. The first kappa shape index (κ1) is 15.4. The molecule has 0 saturated carbocycles. The van der Waals surface area contributed by atoms with Crippen LogP contribution >= 0.6 is 11.6 Å². The third-order valence-electron chi connectivity index (χ3n) is 2.98. The van der Waals surface area contributed by atoms with E-state index in [0.29, 0.717) is 18.2 Å². The van der Waals surface area contributed by atoms with Gasteiger partial charge >= 0.3 is 0 Å². The van der Waals surface area contributed by atoms with Crippen LogP contribution in [-0.2, 0) is 17.9 Å². The summed E-state index contributed by atoms with van der Waals surface area (Å²) in [5.41, 5.74) is 1.05. The van der Waals surface area contributed by atoms with E-state index in [0.717, 1.165) is 11.3 Å². The fourth-order valence-electron chi connectivity index (χ4n) is 1.90. The maximum atomic E-state index is 12.1. The van der Waals surface area contributed by atoms with Crippen molar-refractivity contribution in [1.82, 2.24) is 14.7 Å². The fraction of sp³-hybridized carbons (Fsp3) is 0.333. The van der Waals surface area contributed by atoms with Crippen LogP contribution < -0.4 is 4.74 Å². The number of amides is 1. The average molecular weight is 308 g/mol. The van der Waals surface area contributed by atoms with Gasteiger partial charge in [0.25, 0.3) is 0 Å². The molecule has 1 heterocycles. The molecule has 1 amide bonds. The number of ether oxygens (including phenoxy) is 1. The van der Waals surface area contributed by atoms with Crippen molar-refractivity contribution in [2.24, 2.45) is 0 Å². The topological polar surface area (TPSA) is 47.4 Å². The Kier molecular flexibility index (Phi) is 5.22. The molecule has 2 rings (SSSR count). The van der Waals surface area contributed by atoms with Gasteiger partial charge in [0.2, 0.25) is 5.91 Å². The average Bonchev–Trinajstić information content (AvgIpc) is 2.86. The lowest BCUT2D eigenvalue weighted by Gasteiger charge is -2.17. The van der Waals surface area contributed by atoms with Crippen LogP contribution in [0.2, 0.25) is 5.02 Å². The molecule has 0 unspecified atom stereocenters. The van der Waals surface area contributed by atoms with Crippen LogP contribution in [0.15, 0.2) is 36.7 Å². The van der Waals surface area contributed by atoms with Crippen molar-refractivity contribution >= 4 is 17.5 Å². The highest BCUT2D eigenvalue weighted by Gasteiger charge is 2.11. The van der Waals surface area contributed by atoms with Gasteiger partial charge in [0.15, 0.2) is 0 Å². The van der Waals surface area contributed by atoms with Gasteiger partial charge in [0, 0.05) is 19.8 Å². The Morgan fingerprint density at radius 3 is 2.67 bits per heavy atom. The van der Waals surface area contributed by atoms with E-state index in [1.54, 1.807) is 18.1 Å².